The summed E-state index contributed by atoms with van der Waals surface area (Å²) in [6.07, 6.45) is 3.88. The summed E-state index contributed by atoms with van der Waals surface area (Å²) >= 11 is 3.07. The molecule has 2 aromatic heterocycles. The molecule has 0 aromatic carbocycles. The Morgan fingerprint density at radius 3 is 2.92 bits per heavy atom. The summed E-state index contributed by atoms with van der Waals surface area (Å²) in [5.41, 5.74) is 0.616. The van der Waals surface area contributed by atoms with Crippen LogP contribution in [0.25, 0.3) is 5.69 Å². The van der Waals surface area contributed by atoms with Gasteiger partial charge in [0.05, 0.1) is 12.0 Å². The van der Waals surface area contributed by atoms with Crippen LogP contribution in [0.5, 0.6) is 0 Å². The van der Waals surface area contributed by atoms with Crippen molar-refractivity contribution in [3.05, 3.63) is 35.5 Å². The van der Waals surface area contributed by atoms with Crippen LogP contribution in [0.2, 0.25) is 0 Å². The van der Waals surface area contributed by atoms with Gasteiger partial charge >= 0.3 is 0 Å². The van der Waals surface area contributed by atoms with E-state index in [1.54, 1.807) is 6.07 Å². The van der Waals surface area contributed by atoms with Gasteiger partial charge in [-0.05, 0) is 15.9 Å². The normalized spacial score (nSPS) is 10.5. The maximum absolute atomic E-state index is 13.0. The molecule has 0 aliphatic rings. The van der Waals surface area contributed by atoms with Crippen molar-refractivity contribution in [1.29, 1.82) is 0 Å². The number of furan rings is 1. The Kier molecular flexibility index (Phi) is 1.73. The Bertz CT molecular complexity index is 382. The third-order valence-electron chi connectivity index (χ3n) is 1.42. The monoisotopic (exact) mass is 230 g/mol. The highest BCUT2D eigenvalue weighted by atomic mass is 79.9. The first-order valence-electron chi connectivity index (χ1n) is 3.20. The first kappa shape index (κ1) is 7.54. The highest BCUT2D eigenvalue weighted by Gasteiger charge is 2.07. The van der Waals surface area contributed by atoms with Gasteiger partial charge in [-0.25, -0.2) is 0 Å². The Morgan fingerprint density at radius 1 is 1.58 bits per heavy atom. The van der Waals surface area contributed by atoms with E-state index in [-0.39, 0.29) is 0 Å². The summed E-state index contributed by atoms with van der Waals surface area (Å²) < 4.78 is 19.5. The fourth-order valence-electron chi connectivity index (χ4n) is 0.906. The number of nitrogens with zero attached hydrogens (tertiary/aromatic N) is 2. The standard InChI is InChI=1S/C7H4BrFN2O/c8-6-3-11(7(9)10-6)5-1-2-12-4-5/h1-4H. The Hall–Kier alpha value is -1.10. The first-order chi connectivity index (χ1) is 5.77. The second-order valence-corrected chi connectivity index (χ2v) is 3.00. The van der Waals surface area contributed by atoms with Crippen LogP contribution in [0.15, 0.2) is 33.8 Å². The maximum Gasteiger partial charge on any atom is 0.294 e. The molecule has 12 heavy (non-hydrogen) atoms. The first-order valence-corrected chi connectivity index (χ1v) is 3.99. The molecule has 0 aliphatic carbocycles. The lowest BCUT2D eigenvalue weighted by Crippen LogP contribution is -1.93. The molecule has 0 aliphatic heterocycles. The van der Waals surface area contributed by atoms with E-state index in [1.165, 1.54) is 23.3 Å². The molecule has 0 atom stereocenters. The lowest BCUT2D eigenvalue weighted by Gasteiger charge is -1.94. The Balaban J connectivity index is 2.54. The largest absolute Gasteiger partial charge is 0.470 e. The summed E-state index contributed by atoms with van der Waals surface area (Å²) in [5, 5.41) is 0. The lowest BCUT2D eigenvalue weighted by atomic mass is 10.5. The molecular weight excluding hydrogens is 227 g/mol. The highest BCUT2D eigenvalue weighted by molar-refractivity contribution is 9.10. The number of halogens is 2. The minimum absolute atomic E-state index is 0.459. The van der Waals surface area contributed by atoms with Gasteiger partial charge in [0.2, 0.25) is 0 Å². The van der Waals surface area contributed by atoms with Crippen molar-refractivity contribution in [2.45, 2.75) is 0 Å². The van der Waals surface area contributed by atoms with Gasteiger partial charge in [-0.15, -0.1) is 0 Å². The zero-order valence-electron chi connectivity index (χ0n) is 5.87. The van der Waals surface area contributed by atoms with Crippen LogP contribution in [0.4, 0.5) is 4.39 Å². The molecule has 0 saturated heterocycles. The number of hydrogen-bond acceptors (Lipinski definition) is 2. The molecule has 3 nitrogen and oxygen atoms in total. The van der Waals surface area contributed by atoms with E-state index in [0.29, 0.717) is 10.3 Å². The smallest absolute Gasteiger partial charge is 0.294 e. The molecule has 0 saturated carbocycles. The van der Waals surface area contributed by atoms with Gasteiger partial charge < -0.3 is 4.42 Å². The highest BCUT2D eigenvalue weighted by Crippen LogP contribution is 2.15. The van der Waals surface area contributed by atoms with E-state index in [2.05, 4.69) is 20.9 Å². The molecule has 0 radical (unpaired) electrons. The maximum atomic E-state index is 13.0. The van der Waals surface area contributed by atoms with E-state index in [9.17, 15) is 4.39 Å². The van der Waals surface area contributed by atoms with Crippen LogP contribution >= 0.6 is 15.9 Å². The van der Waals surface area contributed by atoms with Crippen molar-refractivity contribution in [2.75, 3.05) is 0 Å². The van der Waals surface area contributed by atoms with Crippen LogP contribution in [-0.4, -0.2) is 9.55 Å². The van der Waals surface area contributed by atoms with E-state index < -0.39 is 6.08 Å². The van der Waals surface area contributed by atoms with Crippen LogP contribution in [0, 0.1) is 6.08 Å². The van der Waals surface area contributed by atoms with Gasteiger partial charge in [0.1, 0.15) is 10.9 Å². The molecule has 0 spiro atoms. The molecule has 0 unspecified atom stereocenters. The van der Waals surface area contributed by atoms with Gasteiger partial charge in [-0.3, -0.25) is 4.57 Å². The van der Waals surface area contributed by atoms with Crippen molar-refractivity contribution in [3.63, 3.8) is 0 Å². The molecule has 0 N–H and O–H groups in total. The molecular formula is C7H4BrFN2O. The number of hydrogen-bond donors (Lipinski definition) is 0. The molecule has 2 rings (SSSR count). The molecule has 0 amide bonds. The van der Waals surface area contributed by atoms with E-state index >= 15 is 0 Å². The summed E-state index contributed by atoms with van der Waals surface area (Å²) in [4.78, 5) is 3.54. The summed E-state index contributed by atoms with van der Waals surface area (Å²) in [6, 6.07) is 1.65. The van der Waals surface area contributed by atoms with Crippen molar-refractivity contribution < 1.29 is 8.81 Å². The summed E-state index contributed by atoms with van der Waals surface area (Å²) in [5.74, 6) is 0. The van der Waals surface area contributed by atoms with Gasteiger partial charge in [0.15, 0.2) is 0 Å². The van der Waals surface area contributed by atoms with Crippen molar-refractivity contribution >= 4 is 15.9 Å². The Labute approximate surface area is 76.0 Å². The molecule has 0 bridgehead atoms. The fraction of sp³-hybridized carbons (Fsp3) is 0. The SMILES string of the molecule is Fc1nc(Br)cn1-c1ccoc1. The van der Waals surface area contributed by atoms with E-state index in [0.717, 1.165) is 0 Å². The molecule has 62 valence electrons. The number of rotatable bonds is 1. The molecule has 2 heterocycles. The lowest BCUT2D eigenvalue weighted by molar-refractivity contribution is 0.517. The molecule has 5 heteroatoms. The average molecular weight is 231 g/mol. The quantitative estimate of drug-likeness (QED) is 0.754. The third kappa shape index (κ3) is 1.16. The average Bonchev–Trinajstić information content (AvgIpc) is 2.58. The van der Waals surface area contributed by atoms with Gasteiger partial charge in [0.25, 0.3) is 6.08 Å². The topological polar surface area (TPSA) is 31.0 Å². The van der Waals surface area contributed by atoms with Crippen molar-refractivity contribution in [3.8, 4) is 5.69 Å². The zero-order valence-corrected chi connectivity index (χ0v) is 7.45. The second kappa shape index (κ2) is 2.75. The van der Waals surface area contributed by atoms with E-state index in [4.69, 9.17) is 4.42 Å². The van der Waals surface area contributed by atoms with Crippen molar-refractivity contribution in [1.82, 2.24) is 9.55 Å². The zero-order chi connectivity index (χ0) is 8.55. The van der Waals surface area contributed by atoms with Crippen LogP contribution in [-0.2, 0) is 0 Å². The predicted molar refractivity (Wildman–Crippen MR) is 43.5 cm³/mol. The second-order valence-electron chi connectivity index (χ2n) is 2.18. The van der Waals surface area contributed by atoms with Gasteiger partial charge in [-0.1, -0.05) is 0 Å². The van der Waals surface area contributed by atoms with Crippen LogP contribution in [0.1, 0.15) is 0 Å². The minimum Gasteiger partial charge on any atom is -0.470 e. The van der Waals surface area contributed by atoms with Gasteiger partial charge in [0, 0.05) is 12.3 Å². The predicted octanol–water partition coefficient (Wildman–Crippen LogP) is 2.37. The van der Waals surface area contributed by atoms with E-state index in [1.807, 2.05) is 0 Å². The van der Waals surface area contributed by atoms with Crippen LogP contribution in [0.3, 0.4) is 0 Å². The summed E-state index contributed by atoms with van der Waals surface area (Å²) in [7, 11) is 0. The minimum atomic E-state index is -0.566. The third-order valence-corrected chi connectivity index (χ3v) is 1.80. The Morgan fingerprint density at radius 2 is 2.42 bits per heavy atom. The fourth-order valence-corrected chi connectivity index (χ4v) is 1.26. The summed E-state index contributed by atoms with van der Waals surface area (Å²) in [6.45, 7) is 0. The molecule has 2 aromatic rings. The number of aromatic nitrogens is 2. The van der Waals surface area contributed by atoms with Crippen molar-refractivity contribution in [2.24, 2.45) is 0 Å². The van der Waals surface area contributed by atoms with Gasteiger partial charge in [-0.2, -0.15) is 9.37 Å². The van der Waals surface area contributed by atoms with Crippen LogP contribution < -0.4 is 0 Å². The molecule has 0 fully saturated rings. The number of imidazole rings is 1.